The van der Waals surface area contributed by atoms with Crippen molar-refractivity contribution in [2.45, 2.75) is 172 Å². The number of carbonyl (C=O) groups excluding carboxylic acids is 15. The molecule has 11 atom stereocenters. The molecule has 1 aromatic heterocycles. The van der Waals surface area contributed by atoms with Gasteiger partial charge in [0.25, 0.3) is 0 Å². The second kappa shape index (κ2) is 49.6. The van der Waals surface area contributed by atoms with Crippen molar-refractivity contribution in [2.24, 2.45) is 17.6 Å². The monoisotopic (exact) mass is 1850 g/mol. The molecule has 0 bridgehead atoms. The van der Waals surface area contributed by atoms with Crippen LogP contribution in [0, 0.1) is 11.8 Å². The summed E-state index contributed by atoms with van der Waals surface area (Å²) in [4.78, 5) is 244. The van der Waals surface area contributed by atoms with Gasteiger partial charge in [0.15, 0.2) is 0 Å². The number of hydrogen-bond acceptors (Lipinski definition) is 18. The third-order valence-corrected chi connectivity index (χ3v) is 23.9. The highest BCUT2D eigenvalue weighted by molar-refractivity contribution is 8.00. The van der Waals surface area contributed by atoms with Gasteiger partial charge in [-0.3, -0.25) is 76.7 Å². The van der Waals surface area contributed by atoms with E-state index in [9.17, 15) is 43.8 Å². The van der Waals surface area contributed by atoms with Gasteiger partial charge in [0, 0.05) is 96.6 Å². The molecular weight excluding hydrogens is 1730 g/mol. The number of amides is 15. The molecule has 1 saturated heterocycles. The van der Waals surface area contributed by atoms with Gasteiger partial charge in [-0.2, -0.15) is 0 Å². The summed E-state index contributed by atoms with van der Waals surface area (Å²) in [6, 6.07) is 26.0. The summed E-state index contributed by atoms with van der Waals surface area (Å²) >= 11 is 13.8. The van der Waals surface area contributed by atoms with Gasteiger partial charge in [0.1, 0.15) is 72.2 Å². The molecule has 696 valence electrons. The number of nitrogens with zero attached hydrogens (tertiary/aromatic N) is 5. The van der Waals surface area contributed by atoms with Crippen LogP contribution in [0.15, 0.2) is 164 Å². The highest BCUT2D eigenvalue weighted by atomic mass is 35.5. The lowest BCUT2D eigenvalue weighted by atomic mass is 9.98. The number of aromatic nitrogens is 1. The molecule has 0 radical (unpaired) electrons. The topological polar surface area (TPSA) is 480 Å². The summed E-state index contributed by atoms with van der Waals surface area (Å²) in [5.74, 6) is -17.4. The number of aliphatic carboxylic acids is 1. The molecule has 1 aliphatic rings. The van der Waals surface area contributed by atoms with E-state index in [0.717, 1.165) is 26.5 Å². The quantitative estimate of drug-likeness (QED) is 0.0431. The van der Waals surface area contributed by atoms with Crippen molar-refractivity contribution in [1.82, 2.24) is 77.3 Å². The molecule has 6 aromatic carbocycles. The Labute approximate surface area is 769 Å². The molecule has 0 unspecified atom stereocenters. The van der Waals surface area contributed by atoms with E-state index in [1.165, 1.54) is 81.4 Å². The molecule has 37 heteroatoms. The van der Waals surface area contributed by atoms with E-state index in [4.69, 9.17) is 28.9 Å². The Morgan fingerprint density at radius 1 is 0.485 bits per heavy atom. The van der Waals surface area contributed by atoms with Gasteiger partial charge < -0.3 is 93.3 Å². The van der Waals surface area contributed by atoms with Gasteiger partial charge in [0.2, 0.25) is 88.6 Å². The summed E-state index contributed by atoms with van der Waals surface area (Å²) in [7, 11) is 6.54. The Morgan fingerprint density at radius 2 is 0.962 bits per heavy atom. The molecule has 0 saturated carbocycles. The van der Waals surface area contributed by atoms with Crippen molar-refractivity contribution in [3.8, 4) is 5.75 Å². The highest BCUT2D eigenvalue weighted by Crippen LogP contribution is 2.27. The number of halogens is 2. The van der Waals surface area contributed by atoms with Crippen molar-refractivity contribution >= 4 is 140 Å². The number of rotatable bonds is 23. The van der Waals surface area contributed by atoms with Crippen LogP contribution in [0.3, 0.4) is 0 Å². The number of phenolic OH excluding ortho intramolecular Hbond substituents is 1. The molecule has 7 aromatic rings. The van der Waals surface area contributed by atoms with Crippen LogP contribution in [0.2, 0.25) is 10.0 Å². The van der Waals surface area contributed by atoms with E-state index >= 15 is 43.2 Å². The minimum Gasteiger partial charge on any atom is -0.508 e. The number of fused-ring (bicyclic) bond motifs is 1. The average molecular weight is 1850 g/mol. The summed E-state index contributed by atoms with van der Waals surface area (Å²) in [5.41, 5.74) is 9.07. The van der Waals surface area contributed by atoms with Crippen LogP contribution in [0.4, 0.5) is 0 Å². The fraction of sp³-hybridized carbons (Fsp3) is 0.419. The van der Waals surface area contributed by atoms with E-state index in [1.807, 2.05) is 6.92 Å². The fourth-order valence-electron chi connectivity index (χ4n) is 15.0. The number of nitrogens with one attached hydrogen (secondary N) is 10. The smallest absolute Gasteiger partial charge is 0.305 e. The zero-order valence-corrected chi connectivity index (χ0v) is 76.6. The largest absolute Gasteiger partial charge is 0.508 e. The lowest BCUT2D eigenvalue weighted by Gasteiger charge is -2.37. The third-order valence-electron chi connectivity index (χ3n) is 22.1. The van der Waals surface area contributed by atoms with Gasteiger partial charge in [0.05, 0.1) is 41.9 Å². The molecule has 2 heterocycles. The number of H-pyrrole nitrogens is 1. The third kappa shape index (κ3) is 30.7. The minimum atomic E-state index is -1.91. The number of phenols is 1. The molecule has 1 fully saturated rings. The molecule has 0 spiro atoms. The Morgan fingerprint density at radius 3 is 1.53 bits per heavy atom. The number of para-hydroxylation sites is 1. The van der Waals surface area contributed by atoms with Crippen molar-refractivity contribution in [2.75, 3.05) is 66.4 Å². The van der Waals surface area contributed by atoms with Crippen molar-refractivity contribution in [1.29, 1.82) is 0 Å². The molecule has 34 nitrogen and oxygen atoms in total. The Bertz CT molecular complexity index is 5150. The minimum absolute atomic E-state index is 0.0291. The number of carbonyl (C=O) groups is 16. The molecule has 1 aliphatic heterocycles. The summed E-state index contributed by atoms with van der Waals surface area (Å²) in [5, 5.41) is 45.5. The van der Waals surface area contributed by atoms with E-state index < -0.39 is 199 Å². The second-order valence-electron chi connectivity index (χ2n) is 33.1. The van der Waals surface area contributed by atoms with Crippen LogP contribution >= 0.6 is 35.0 Å². The number of likely N-dealkylation sites (N-methyl/N-ethyl adjacent to an activating group) is 5. The van der Waals surface area contributed by atoms with Crippen molar-refractivity contribution < 1.29 is 86.9 Å². The summed E-state index contributed by atoms with van der Waals surface area (Å²) in [6.07, 6.45) is 0.0385. The average Bonchev–Trinajstić information content (AvgIpc) is 0.896. The number of unbranched alkanes of at least 4 members (excludes halogenated alkanes) is 1. The summed E-state index contributed by atoms with van der Waals surface area (Å²) < 4.78 is 0. The van der Waals surface area contributed by atoms with Crippen LogP contribution in [0.25, 0.3) is 10.9 Å². The molecular formula is C93H116Cl2N16O18S. The maximum absolute atomic E-state index is 15.5. The van der Waals surface area contributed by atoms with Crippen LogP contribution in [-0.2, 0) is 115 Å². The van der Waals surface area contributed by atoms with Gasteiger partial charge in [-0.1, -0.05) is 198 Å². The maximum atomic E-state index is 15.5. The first kappa shape index (κ1) is 102. The summed E-state index contributed by atoms with van der Waals surface area (Å²) in [6.45, 7) is 6.16. The van der Waals surface area contributed by atoms with E-state index in [1.54, 1.807) is 155 Å². The van der Waals surface area contributed by atoms with Crippen molar-refractivity contribution in [3.05, 3.63) is 207 Å². The van der Waals surface area contributed by atoms with Gasteiger partial charge in [-0.25, -0.2) is 0 Å². The predicted octanol–water partition coefficient (Wildman–Crippen LogP) is 3.93. The number of benzene rings is 6. The lowest BCUT2D eigenvalue weighted by molar-refractivity contribution is -0.151. The first-order valence-corrected chi connectivity index (χ1v) is 44.6. The van der Waals surface area contributed by atoms with Crippen LogP contribution in [-0.4, -0.2) is 267 Å². The normalized spacial score (nSPS) is 21.8. The van der Waals surface area contributed by atoms with Crippen LogP contribution in [0.1, 0.15) is 100 Å². The standard InChI is InChI=1S/C93H116Cl2N16O18S/c1-11-12-32-74-91(127)108(7)51-79(115)100-70(47-81(117)118)87(123)106-82(55(4)5)93(129)110(9)75(44-57-26-18-14-19-27-57)88(124)104-71(42-59-33-36-62(112)37-34-59)89(125)107(6)50-78(114)99-69(46-61-48-97-66-31-23-22-30-63(61)66)86(122)103-68(43-60-35-38-64(94)65(95)40-60)85(121)102-67(39-54(2)3)84(120)105-73(83(119)98-49-77(96)113)52-130-53-80(116)101-72(41-56-24-16-13-17-25-56)90(126)111(10)76(92(128)109(74)8)45-58-28-20-15-21-29-58/h13-31,33-38,40,48,54-55,67-76,82,97,112H,11-12,32,39,41-47,49-53H2,1-10H3,(H2,96,113)(H,98,119)(H,99,114)(H,100,115)(H,101,116)(H,102,121)(H,103,122)(H,104,124)(H,105,120)(H,106,123)(H,117,118)/t67-,68-,69-,70-,71-,72-,73-,74-,75-,76-,82-/m0/s1. The van der Waals surface area contributed by atoms with E-state index in [2.05, 4.69) is 52.8 Å². The fourth-order valence-corrected chi connectivity index (χ4v) is 16.2. The van der Waals surface area contributed by atoms with Crippen molar-refractivity contribution in [3.63, 3.8) is 0 Å². The Kier molecular flexibility index (Phi) is 39.1. The number of carboxylic acids is 1. The number of carboxylic acid groups (broad SMARTS) is 1. The number of primary amides is 1. The van der Waals surface area contributed by atoms with Gasteiger partial charge in [-0.05, 0) is 88.4 Å². The second-order valence-corrected chi connectivity index (χ2v) is 35.0. The van der Waals surface area contributed by atoms with Gasteiger partial charge in [-0.15, -0.1) is 11.8 Å². The van der Waals surface area contributed by atoms with Crippen LogP contribution < -0.4 is 53.6 Å². The van der Waals surface area contributed by atoms with E-state index in [-0.39, 0.29) is 78.8 Å². The lowest BCUT2D eigenvalue weighted by Crippen LogP contribution is -2.61. The number of hydrogen-bond donors (Lipinski definition) is 13. The number of aromatic amines is 1. The van der Waals surface area contributed by atoms with E-state index in [0.29, 0.717) is 57.1 Å². The zero-order chi connectivity index (χ0) is 95.2. The zero-order valence-electron chi connectivity index (χ0n) is 74.3. The number of thioether (sulfide) groups is 1. The maximum Gasteiger partial charge on any atom is 0.305 e. The first-order chi connectivity index (χ1) is 61.8. The predicted molar refractivity (Wildman–Crippen MR) is 490 cm³/mol. The SMILES string of the molecule is CCCC[C@H]1C(=O)N(C)CC(=O)N[C@@H](CC(=O)O)C(=O)N[C@@H](C(C)C)C(=O)N(C)[C@@H](Cc2ccccc2)C(=O)N[C@@H](Cc2ccc(O)cc2)C(=O)N(C)CC(=O)N[C@@H](Cc2c[nH]c3ccccc23)C(=O)N[C@@H](Cc2ccc(Cl)c(Cl)c2)C(=O)N[C@@H](CC(C)C)C(=O)N[C@H](C(=O)NCC(N)=O)CSCC(=O)N[C@@H](Cc2ccccc2)C(=O)N(C)[C@@H](Cc2ccccc2)C(=O)N1C. The number of nitrogens with two attached hydrogens (primary N) is 1. The Hall–Kier alpha value is -12.9. The molecule has 130 heavy (non-hydrogen) atoms. The molecule has 14 N–H and O–H groups in total. The first-order valence-electron chi connectivity index (χ1n) is 42.7. The number of aromatic hydroxyl groups is 1. The molecule has 8 rings (SSSR count). The Balaban J connectivity index is 1.22. The highest BCUT2D eigenvalue weighted by Gasteiger charge is 2.42. The van der Waals surface area contributed by atoms with Gasteiger partial charge >= 0.3 is 5.97 Å². The molecule has 0 aliphatic carbocycles. The molecule has 15 amide bonds. The van der Waals surface area contributed by atoms with Crippen LogP contribution in [0.5, 0.6) is 5.75 Å².